The van der Waals surface area contributed by atoms with Crippen molar-refractivity contribution in [3.63, 3.8) is 0 Å². The molecule has 0 aromatic carbocycles. The van der Waals surface area contributed by atoms with Gasteiger partial charge in [-0.2, -0.15) is 5.26 Å². The molecule has 1 heterocycles. The number of halogens is 4. The fourth-order valence-corrected chi connectivity index (χ4v) is 1.70. The zero-order chi connectivity index (χ0) is 10.7. The van der Waals surface area contributed by atoms with Crippen LogP contribution in [0.2, 0.25) is 5.02 Å². The quantitative estimate of drug-likeness (QED) is 0.617. The van der Waals surface area contributed by atoms with Crippen LogP contribution in [0.15, 0.2) is 6.07 Å². The van der Waals surface area contributed by atoms with Crippen molar-refractivity contribution in [3.8, 4) is 6.07 Å². The Labute approximate surface area is 98.0 Å². The van der Waals surface area contributed by atoms with Crippen LogP contribution in [0.25, 0.3) is 0 Å². The van der Waals surface area contributed by atoms with Gasteiger partial charge in [0.05, 0.1) is 23.2 Å². The molecule has 1 aromatic rings. The first-order valence-corrected chi connectivity index (χ1v) is 5.02. The van der Waals surface area contributed by atoms with E-state index in [1.807, 2.05) is 6.07 Å². The molecule has 2 nitrogen and oxygen atoms in total. The maximum Gasteiger partial charge on any atom is 0.265 e. The van der Waals surface area contributed by atoms with Crippen LogP contribution in [-0.2, 0) is 6.42 Å². The number of rotatable bonds is 2. The minimum atomic E-state index is -2.64. The fraction of sp³-hybridized carbons (Fsp3) is 0.250. The molecule has 0 fully saturated rings. The largest absolute Gasteiger partial charge is 0.265 e. The highest BCUT2D eigenvalue weighted by Gasteiger charge is 2.16. The molecule has 14 heavy (non-hydrogen) atoms. The fourth-order valence-electron chi connectivity index (χ4n) is 0.900. The molecule has 0 saturated carbocycles. The topological polar surface area (TPSA) is 36.7 Å². The summed E-state index contributed by atoms with van der Waals surface area (Å²) in [5, 5.41) is 8.36. The van der Waals surface area contributed by atoms with Gasteiger partial charge in [0.2, 0.25) is 0 Å². The minimum Gasteiger partial charge on any atom is -0.244 e. The second-order valence-electron chi connectivity index (χ2n) is 2.44. The van der Waals surface area contributed by atoms with Crippen molar-refractivity contribution < 1.29 is 8.78 Å². The van der Waals surface area contributed by atoms with E-state index in [0.29, 0.717) is 9.39 Å². The molecule has 0 spiro atoms. The predicted octanol–water partition coefficient (Wildman–Crippen LogP) is 3.34. The Kier molecular flexibility index (Phi) is 4.01. The number of nitrogens with zero attached hydrogens (tertiary/aromatic N) is 2. The van der Waals surface area contributed by atoms with Crippen molar-refractivity contribution in [2.75, 3.05) is 0 Å². The van der Waals surface area contributed by atoms with Crippen molar-refractivity contribution >= 4 is 34.2 Å². The Morgan fingerprint density at radius 3 is 2.79 bits per heavy atom. The molecule has 0 aliphatic heterocycles. The zero-order valence-electron chi connectivity index (χ0n) is 6.77. The first-order chi connectivity index (χ1) is 6.56. The molecule has 0 atom stereocenters. The summed E-state index contributed by atoms with van der Waals surface area (Å²) in [6.07, 6.45) is -2.64. The number of hydrogen-bond donors (Lipinski definition) is 0. The highest BCUT2D eigenvalue weighted by atomic mass is 127. The van der Waals surface area contributed by atoms with Gasteiger partial charge in [-0.1, -0.05) is 11.6 Å². The maximum atomic E-state index is 12.4. The van der Waals surface area contributed by atoms with Gasteiger partial charge in [0.15, 0.2) is 0 Å². The minimum absolute atomic E-state index is 0.00684. The van der Waals surface area contributed by atoms with Crippen LogP contribution in [0.5, 0.6) is 0 Å². The molecule has 0 aliphatic rings. The molecule has 0 radical (unpaired) electrons. The molecule has 0 N–H and O–H groups in total. The molecule has 0 aliphatic carbocycles. The molecular formula is C8H4ClF2IN2. The number of pyridine rings is 1. The second kappa shape index (κ2) is 4.84. The van der Waals surface area contributed by atoms with Gasteiger partial charge in [-0.05, 0) is 28.7 Å². The SMILES string of the molecule is N#CCc1cc(C(F)F)c(Cl)c(I)n1. The Hall–Kier alpha value is -0.480. The van der Waals surface area contributed by atoms with Crippen molar-refractivity contribution in [3.05, 3.63) is 26.0 Å². The molecule has 74 valence electrons. The molecule has 6 heteroatoms. The van der Waals surface area contributed by atoms with Crippen LogP contribution in [0, 0.1) is 15.0 Å². The number of alkyl halides is 2. The summed E-state index contributed by atoms with van der Waals surface area (Å²) in [6, 6.07) is 3.01. The number of nitriles is 1. The third-order valence-corrected chi connectivity index (χ3v) is 2.99. The Morgan fingerprint density at radius 1 is 1.64 bits per heavy atom. The lowest BCUT2D eigenvalue weighted by molar-refractivity contribution is 0.151. The van der Waals surface area contributed by atoms with Crippen LogP contribution in [-0.4, -0.2) is 4.98 Å². The molecule has 0 saturated heterocycles. The normalized spacial score (nSPS) is 10.3. The first kappa shape index (κ1) is 11.6. The Morgan fingerprint density at radius 2 is 2.29 bits per heavy atom. The van der Waals surface area contributed by atoms with E-state index in [2.05, 4.69) is 4.98 Å². The van der Waals surface area contributed by atoms with Crippen molar-refractivity contribution in [1.29, 1.82) is 5.26 Å². The third kappa shape index (κ3) is 2.51. The molecule has 0 bridgehead atoms. The smallest absolute Gasteiger partial charge is 0.244 e. The third-order valence-electron chi connectivity index (χ3n) is 1.49. The second-order valence-corrected chi connectivity index (χ2v) is 3.84. The number of hydrogen-bond acceptors (Lipinski definition) is 2. The van der Waals surface area contributed by atoms with Gasteiger partial charge in [0.25, 0.3) is 6.43 Å². The summed E-state index contributed by atoms with van der Waals surface area (Å²) in [7, 11) is 0. The molecule has 0 unspecified atom stereocenters. The summed E-state index contributed by atoms with van der Waals surface area (Å²) < 4.78 is 25.2. The first-order valence-electron chi connectivity index (χ1n) is 3.56. The van der Waals surface area contributed by atoms with E-state index in [-0.39, 0.29) is 17.0 Å². The van der Waals surface area contributed by atoms with E-state index < -0.39 is 6.43 Å². The van der Waals surface area contributed by atoms with Crippen LogP contribution in [0.1, 0.15) is 17.7 Å². The molecule has 1 aromatic heterocycles. The lowest BCUT2D eigenvalue weighted by atomic mass is 10.2. The van der Waals surface area contributed by atoms with Crippen molar-refractivity contribution in [2.24, 2.45) is 0 Å². The van der Waals surface area contributed by atoms with Crippen LogP contribution in [0.3, 0.4) is 0 Å². The highest BCUT2D eigenvalue weighted by Crippen LogP contribution is 2.30. The summed E-state index contributed by atoms with van der Waals surface area (Å²) in [4.78, 5) is 3.90. The lowest BCUT2D eigenvalue weighted by Gasteiger charge is -2.06. The summed E-state index contributed by atoms with van der Waals surface area (Å²) in [6.45, 7) is 0. The van der Waals surface area contributed by atoms with Gasteiger partial charge in [-0.25, -0.2) is 13.8 Å². The van der Waals surface area contributed by atoms with E-state index in [1.165, 1.54) is 6.07 Å². The van der Waals surface area contributed by atoms with Gasteiger partial charge in [-0.3, -0.25) is 0 Å². The van der Waals surface area contributed by atoms with Gasteiger partial charge in [-0.15, -0.1) is 0 Å². The van der Waals surface area contributed by atoms with Crippen LogP contribution in [0.4, 0.5) is 8.78 Å². The van der Waals surface area contributed by atoms with Gasteiger partial charge < -0.3 is 0 Å². The number of aromatic nitrogens is 1. The highest BCUT2D eigenvalue weighted by molar-refractivity contribution is 14.1. The average Bonchev–Trinajstić information content (AvgIpc) is 2.11. The van der Waals surface area contributed by atoms with Crippen LogP contribution >= 0.6 is 34.2 Å². The molecule has 1 rings (SSSR count). The zero-order valence-corrected chi connectivity index (χ0v) is 9.68. The van der Waals surface area contributed by atoms with E-state index in [1.54, 1.807) is 22.6 Å². The molecular weight excluding hydrogens is 324 g/mol. The predicted molar refractivity (Wildman–Crippen MR) is 56.2 cm³/mol. The molecule has 0 amide bonds. The van der Waals surface area contributed by atoms with Crippen molar-refractivity contribution in [1.82, 2.24) is 4.98 Å². The van der Waals surface area contributed by atoms with Gasteiger partial charge in [0, 0.05) is 5.56 Å². The summed E-state index contributed by atoms with van der Waals surface area (Å²) in [5.74, 6) is 0. The maximum absolute atomic E-state index is 12.4. The van der Waals surface area contributed by atoms with E-state index in [9.17, 15) is 8.78 Å². The monoisotopic (exact) mass is 328 g/mol. The summed E-state index contributed by atoms with van der Waals surface area (Å²) in [5.41, 5.74) is 0.0490. The summed E-state index contributed by atoms with van der Waals surface area (Å²) >= 11 is 7.39. The van der Waals surface area contributed by atoms with Crippen LogP contribution < -0.4 is 0 Å². The van der Waals surface area contributed by atoms with E-state index in [4.69, 9.17) is 16.9 Å². The Balaban J connectivity index is 3.22. The van der Waals surface area contributed by atoms with E-state index >= 15 is 0 Å². The van der Waals surface area contributed by atoms with Gasteiger partial charge in [0.1, 0.15) is 3.70 Å². The average molecular weight is 328 g/mol. The Bertz CT molecular complexity index is 390. The van der Waals surface area contributed by atoms with E-state index in [0.717, 1.165) is 0 Å². The van der Waals surface area contributed by atoms with Gasteiger partial charge >= 0.3 is 0 Å². The van der Waals surface area contributed by atoms with Crippen molar-refractivity contribution in [2.45, 2.75) is 12.8 Å². The standard InChI is InChI=1S/C8H4ClF2IN2/c9-6-5(7(10)11)3-4(1-2-13)14-8(6)12/h3,7H,1H2. The lowest BCUT2D eigenvalue weighted by Crippen LogP contribution is -1.97.